The average Bonchev–Trinajstić information content (AvgIpc) is 2.39. The van der Waals surface area contributed by atoms with Gasteiger partial charge in [-0.2, -0.15) is 0 Å². The first-order valence-electron chi connectivity index (χ1n) is 5.98. The van der Waals surface area contributed by atoms with Crippen LogP contribution in [0.2, 0.25) is 0 Å². The molecule has 1 N–H and O–H groups in total. The molecule has 0 saturated heterocycles. The van der Waals surface area contributed by atoms with E-state index in [0.29, 0.717) is 11.3 Å². The highest BCUT2D eigenvalue weighted by atomic mass is 16.3. The van der Waals surface area contributed by atoms with Gasteiger partial charge in [0, 0.05) is 11.6 Å². The van der Waals surface area contributed by atoms with Gasteiger partial charge in [-0.15, -0.1) is 0 Å². The van der Waals surface area contributed by atoms with Gasteiger partial charge in [0.1, 0.15) is 22.5 Å². The normalized spacial score (nSPS) is 10.8. The first-order valence-corrected chi connectivity index (χ1v) is 5.98. The minimum Gasteiger partial charge on any atom is -0.507 e. The number of aryl methyl sites for hydroxylation is 1. The molecule has 3 aromatic rings. The van der Waals surface area contributed by atoms with Gasteiger partial charge in [-0.1, -0.05) is 35.9 Å². The van der Waals surface area contributed by atoms with Crippen molar-refractivity contribution in [3.63, 3.8) is 0 Å². The second kappa shape index (κ2) is 4.28. The van der Waals surface area contributed by atoms with E-state index in [1.165, 1.54) is 12.1 Å². The maximum atomic E-state index is 12.0. The Morgan fingerprint density at radius 3 is 2.53 bits per heavy atom. The summed E-state index contributed by atoms with van der Waals surface area (Å²) in [6.45, 7) is 2.00. The number of phenols is 1. The Morgan fingerprint density at radius 1 is 1.05 bits per heavy atom. The second-order valence-electron chi connectivity index (χ2n) is 4.49. The SMILES string of the molecule is Cc1ccc(-c2cc(=O)c3c(O)cccc3o2)cc1. The van der Waals surface area contributed by atoms with Crippen LogP contribution in [0.25, 0.3) is 22.3 Å². The van der Waals surface area contributed by atoms with E-state index in [1.54, 1.807) is 12.1 Å². The zero-order chi connectivity index (χ0) is 13.4. The Morgan fingerprint density at radius 2 is 1.79 bits per heavy atom. The predicted molar refractivity (Wildman–Crippen MR) is 74.3 cm³/mol. The molecule has 0 aliphatic rings. The Labute approximate surface area is 109 Å². The molecule has 0 fully saturated rings. The van der Waals surface area contributed by atoms with E-state index >= 15 is 0 Å². The van der Waals surface area contributed by atoms with Crippen LogP contribution in [0.4, 0.5) is 0 Å². The number of rotatable bonds is 1. The summed E-state index contributed by atoms with van der Waals surface area (Å²) in [5.41, 5.74) is 2.13. The summed E-state index contributed by atoms with van der Waals surface area (Å²) in [5.74, 6) is 0.449. The van der Waals surface area contributed by atoms with Crippen molar-refractivity contribution in [2.75, 3.05) is 0 Å². The molecule has 3 nitrogen and oxygen atoms in total. The molecule has 0 bridgehead atoms. The van der Waals surface area contributed by atoms with Crippen LogP contribution in [-0.4, -0.2) is 5.11 Å². The fourth-order valence-electron chi connectivity index (χ4n) is 2.05. The van der Waals surface area contributed by atoms with Crippen molar-refractivity contribution in [3.05, 3.63) is 64.3 Å². The van der Waals surface area contributed by atoms with Crippen LogP contribution in [0.5, 0.6) is 5.75 Å². The molecule has 0 atom stereocenters. The molecule has 1 aromatic heterocycles. The molecule has 3 rings (SSSR count). The lowest BCUT2D eigenvalue weighted by Gasteiger charge is -2.04. The van der Waals surface area contributed by atoms with Crippen molar-refractivity contribution < 1.29 is 9.52 Å². The third-order valence-corrected chi connectivity index (χ3v) is 3.07. The molecule has 19 heavy (non-hydrogen) atoms. The molecule has 0 aliphatic carbocycles. The van der Waals surface area contributed by atoms with Gasteiger partial charge in [0.25, 0.3) is 0 Å². The summed E-state index contributed by atoms with van der Waals surface area (Å²) in [7, 11) is 0. The molecular formula is C16H12O3. The average molecular weight is 252 g/mol. The summed E-state index contributed by atoms with van der Waals surface area (Å²) in [6.07, 6.45) is 0. The van der Waals surface area contributed by atoms with Crippen molar-refractivity contribution >= 4 is 11.0 Å². The topological polar surface area (TPSA) is 50.4 Å². The van der Waals surface area contributed by atoms with Crippen molar-refractivity contribution in [3.8, 4) is 17.1 Å². The number of phenolic OH excluding ortho intramolecular Hbond substituents is 1. The molecule has 2 aromatic carbocycles. The van der Waals surface area contributed by atoms with Gasteiger partial charge in [0.15, 0.2) is 5.43 Å². The van der Waals surface area contributed by atoms with E-state index in [0.717, 1.165) is 11.1 Å². The highest BCUT2D eigenvalue weighted by Crippen LogP contribution is 2.26. The lowest BCUT2D eigenvalue weighted by molar-refractivity contribution is 0.479. The number of benzene rings is 2. The molecule has 0 unspecified atom stereocenters. The van der Waals surface area contributed by atoms with Crippen molar-refractivity contribution in [1.29, 1.82) is 0 Å². The van der Waals surface area contributed by atoms with Gasteiger partial charge in [0.05, 0.1) is 0 Å². The van der Waals surface area contributed by atoms with Crippen LogP contribution >= 0.6 is 0 Å². The third-order valence-electron chi connectivity index (χ3n) is 3.07. The molecule has 3 heteroatoms. The molecule has 0 spiro atoms. The van der Waals surface area contributed by atoms with Gasteiger partial charge in [-0.05, 0) is 19.1 Å². The van der Waals surface area contributed by atoms with Crippen LogP contribution in [0, 0.1) is 6.92 Å². The number of hydrogen-bond acceptors (Lipinski definition) is 3. The minimum absolute atomic E-state index is 0.0540. The van der Waals surface area contributed by atoms with Crippen LogP contribution in [0.3, 0.4) is 0 Å². The molecule has 1 heterocycles. The quantitative estimate of drug-likeness (QED) is 0.721. The predicted octanol–water partition coefficient (Wildman–Crippen LogP) is 3.47. The number of fused-ring (bicyclic) bond motifs is 1. The third kappa shape index (κ3) is 1.99. The fourth-order valence-corrected chi connectivity index (χ4v) is 2.05. The van der Waals surface area contributed by atoms with E-state index in [2.05, 4.69) is 0 Å². The second-order valence-corrected chi connectivity index (χ2v) is 4.49. The van der Waals surface area contributed by atoms with Gasteiger partial charge >= 0.3 is 0 Å². The fraction of sp³-hybridized carbons (Fsp3) is 0.0625. The van der Waals surface area contributed by atoms with E-state index < -0.39 is 0 Å². The zero-order valence-electron chi connectivity index (χ0n) is 10.4. The summed E-state index contributed by atoms with van der Waals surface area (Å²) in [5, 5.41) is 9.91. The monoisotopic (exact) mass is 252 g/mol. The van der Waals surface area contributed by atoms with E-state index in [9.17, 15) is 9.90 Å². The van der Waals surface area contributed by atoms with Crippen LogP contribution < -0.4 is 5.43 Å². The Balaban J connectivity index is 2.27. The zero-order valence-corrected chi connectivity index (χ0v) is 10.4. The van der Waals surface area contributed by atoms with Gasteiger partial charge in [-0.3, -0.25) is 4.79 Å². The smallest absolute Gasteiger partial charge is 0.197 e. The Kier molecular flexibility index (Phi) is 2.60. The summed E-state index contributed by atoms with van der Waals surface area (Å²) < 4.78 is 5.69. The highest BCUT2D eigenvalue weighted by molar-refractivity contribution is 5.84. The first-order chi connectivity index (χ1) is 9.15. The van der Waals surface area contributed by atoms with Crippen molar-refractivity contribution in [2.45, 2.75) is 6.92 Å². The van der Waals surface area contributed by atoms with E-state index in [4.69, 9.17) is 4.42 Å². The summed E-state index contributed by atoms with van der Waals surface area (Å²) >= 11 is 0. The van der Waals surface area contributed by atoms with E-state index in [-0.39, 0.29) is 16.6 Å². The maximum absolute atomic E-state index is 12.0. The molecule has 0 radical (unpaired) electrons. The number of hydrogen-bond donors (Lipinski definition) is 1. The molecule has 0 saturated carbocycles. The van der Waals surface area contributed by atoms with Gasteiger partial charge in [0.2, 0.25) is 0 Å². The first kappa shape index (κ1) is 11.5. The lowest BCUT2D eigenvalue weighted by Crippen LogP contribution is -2.00. The molecule has 0 aliphatic heterocycles. The highest BCUT2D eigenvalue weighted by Gasteiger charge is 2.09. The molecular weight excluding hydrogens is 240 g/mol. The largest absolute Gasteiger partial charge is 0.507 e. The van der Waals surface area contributed by atoms with Gasteiger partial charge < -0.3 is 9.52 Å². The Bertz CT molecular complexity index is 798. The van der Waals surface area contributed by atoms with Gasteiger partial charge in [-0.25, -0.2) is 0 Å². The summed E-state index contributed by atoms with van der Waals surface area (Å²) in [6, 6.07) is 13.9. The maximum Gasteiger partial charge on any atom is 0.197 e. The number of aromatic hydroxyl groups is 1. The van der Waals surface area contributed by atoms with E-state index in [1.807, 2.05) is 31.2 Å². The summed E-state index contributed by atoms with van der Waals surface area (Å²) in [4.78, 5) is 12.0. The lowest BCUT2D eigenvalue weighted by atomic mass is 10.1. The minimum atomic E-state index is -0.241. The van der Waals surface area contributed by atoms with Crippen molar-refractivity contribution in [2.24, 2.45) is 0 Å². The van der Waals surface area contributed by atoms with Crippen LogP contribution in [0.1, 0.15) is 5.56 Å². The molecule has 0 amide bonds. The van der Waals surface area contributed by atoms with Crippen LogP contribution in [-0.2, 0) is 0 Å². The van der Waals surface area contributed by atoms with Crippen molar-refractivity contribution in [1.82, 2.24) is 0 Å². The molecule has 94 valence electrons. The van der Waals surface area contributed by atoms with Crippen LogP contribution in [0.15, 0.2) is 57.7 Å². The standard InChI is InChI=1S/C16H12O3/c1-10-5-7-11(8-6-10)15-9-13(18)16-12(17)3-2-4-14(16)19-15/h2-9,17H,1H3. The Hall–Kier alpha value is -2.55.